The van der Waals surface area contributed by atoms with E-state index in [1.165, 1.54) is 0 Å². The van der Waals surface area contributed by atoms with Gasteiger partial charge in [-0.2, -0.15) is 12.7 Å². The zero-order valence-corrected chi connectivity index (χ0v) is 10.4. The Morgan fingerprint density at radius 1 is 1.31 bits per heavy atom. The van der Waals surface area contributed by atoms with E-state index in [0.29, 0.717) is 22.0 Å². The third-order valence-electron chi connectivity index (χ3n) is 2.52. The second kappa shape index (κ2) is 4.14. The maximum Gasteiger partial charge on any atom is 0.375 e. The highest BCUT2D eigenvalue weighted by Gasteiger charge is 2.27. The lowest BCUT2D eigenvalue weighted by atomic mass is 10.0. The summed E-state index contributed by atoms with van der Waals surface area (Å²) in [5, 5.41) is 0.917. The van der Waals surface area contributed by atoms with E-state index in [1.54, 1.807) is 12.1 Å². The Labute approximate surface area is 103 Å². The first-order chi connectivity index (χ1) is 7.38. The molecule has 1 aliphatic rings. The molecule has 3 nitrogen and oxygen atoms in total. The minimum absolute atomic E-state index is 0.0194. The molecule has 0 saturated carbocycles. The molecule has 0 saturated heterocycles. The van der Waals surface area contributed by atoms with Crippen molar-refractivity contribution in [3.63, 3.8) is 0 Å². The van der Waals surface area contributed by atoms with Crippen molar-refractivity contribution < 1.29 is 12.3 Å². The second-order valence-corrected chi connectivity index (χ2v) is 5.74. The van der Waals surface area contributed by atoms with Gasteiger partial charge in [-0.1, -0.05) is 27.1 Å². The zero-order valence-electron chi connectivity index (χ0n) is 8.08. The van der Waals surface area contributed by atoms with Crippen LogP contribution in [0.4, 0.5) is 3.89 Å². The molecule has 0 aromatic heterocycles. The van der Waals surface area contributed by atoms with Gasteiger partial charge in [0.1, 0.15) is 0 Å². The average Bonchev–Trinajstić information content (AvgIpc) is 2.15. The molecule has 0 radical (unpaired) electrons. The summed E-state index contributed by atoms with van der Waals surface area (Å²) in [7, 11) is -4.65. The summed E-state index contributed by atoms with van der Waals surface area (Å²) in [5.41, 5.74) is 1.50. The first kappa shape index (κ1) is 12.1. The van der Waals surface area contributed by atoms with Crippen molar-refractivity contribution in [3.8, 4) is 0 Å². The van der Waals surface area contributed by atoms with E-state index >= 15 is 0 Å². The van der Waals surface area contributed by atoms with E-state index in [0.717, 1.165) is 9.87 Å². The van der Waals surface area contributed by atoms with Crippen molar-refractivity contribution >= 4 is 33.6 Å². The van der Waals surface area contributed by atoms with E-state index in [-0.39, 0.29) is 13.1 Å². The highest BCUT2D eigenvalue weighted by atomic mass is 35.5. The van der Waals surface area contributed by atoms with Gasteiger partial charge in [0.15, 0.2) is 0 Å². The molecule has 1 aromatic rings. The van der Waals surface area contributed by atoms with Gasteiger partial charge in [-0.05, 0) is 29.7 Å². The van der Waals surface area contributed by atoms with E-state index in [4.69, 9.17) is 23.2 Å². The van der Waals surface area contributed by atoms with Crippen LogP contribution in [0.3, 0.4) is 0 Å². The van der Waals surface area contributed by atoms with Crippen LogP contribution in [0.25, 0.3) is 0 Å². The largest absolute Gasteiger partial charge is 0.375 e. The predicted octanol–water partition coefficient (Wildman–Crippen LogP) is 2.57. The molecule has 7 heteroatoms. The summed E-state index contributed by atoms with van der Waals surface area (Å²) < 4.78 is 35.1. The first-order valence-corrected chi connectivity index (χ1v) is 6.64. The Hall–Kier alpha value is -0.360. The molecule has 0 N–H and O–H groups in total. The summed E-state index contributed by atoms with van der Waals surface area (Å²) in [6.45, 7) is 0.0850. The van der Waals surface area contributed by atoms with Gasteiger partial charge >= 0.3 is 10.4 Å². The molecule has 0 spiro atoms. The van der Waals surface area contributed by atoms with Crippen molar-refractivity contribution in [2.75, 3.05) is 6.54 Å². The molecule has 0 atom stereocenters. The second-order valence-electron chi connectivity index (χ2n) is 3.55. The number of hydrogen-bond acceptors (Lipinski definition) is 2. The predicted molar refractivity (Wildman–Crippen MR) is 60.6 cm³/mol. The number of rotatable bonds is 1. The van der Waals surface area contributed by atoms with Crippen LogP contribution in [0.1, 0.15) is 11.1 Å². The molecule has 16 heavy (non-hydrogen) atoms. The maximum atomic E-state index is 12.8. The van der Waals surface area contributed by atoms with Crippen LogP contribution in [0.5, 0.6) is 0 Å². The molecule has 1 aromatic carbocycles. The van der Waals surface area contributed by atoms with Crippen molar-refractivity contribution in [3.05, 3.63) is 33.3 Å². The lowest BCUT2D eigenvalue weighted by molar-refractivity contribution is 0.366. The van der Waals surface area contributed by atoms with Crippen LogP contribution >= 0.6 is 23.2 Å². The Balaban J connectivity index is 2.41. The van der Waals surface area contributed by atoms with Crippen LogP contribution < -0.4 is 0 Å². The van der Waals surface area contributed by atoms with Gasteiger partial charge in [-0.15, -0.1) is 0 Å². The number of fused-ring (bicyclic) bond motifs is 1. The third-order valence-corrected chi connectivity index (χ3v) is 4.00. The third kappa shape index (κ3) is 2.32. The van der Waals surface area contributed by atoms with Crippen molar-refractivity contribution in [1.82, 2.24) is 4.31 Å². The summed E-state index contributed by atoms with van der Waals surface area (Å²) in [5.74, 6) is 0. The fraction of sp³-hybridized carbons (Fsp3) is 0.333. The molecule has 0 unspecified atom stereocenters. The molecule has 1 heterocycles. The summed E-state index contributed by atoms with van der Waals surface area (Å²) in [4.78, 5) is 0. The van der Waals surface area contributed by atoms with Gasteiger partial charge < -0.3 is 0 Å². The van der Waals surface area contributed by atoms with Crippen LogP contribution in [-0.2, 0) is 23.4 Å². The van der Waals surface area contributed by atoms with Gasteiger partial charge in [0.25, 0.3) is 0 Å². The smallest absolute Gasteiger partial charge is 0.177 e. The van der Waals surface area contributed by atoms with E-state index in [2.05, 4.69) is 0 Å². The molecule has 0 amide bonds. The highest BCUT2D eigenvalue weighted by Crippen LogP contribution is 2.30. The van der Waals surface area contributed by atoms with Crippen LogP contribution in [-0.4, -0.2) is 19.3 Å². The Morgan fingerprint density at radius 3 is 2.62 bits per heavy atom. The minimum atomic E-state index is -4.65. The van der Waals surface area contributed by atoms with Gasteiger partial charge in [-0.25, -0.2) is 0 Å². The summed E-state index contributed by atoms with van der Waals surface area (Å²) in [6.07, 6.45) is 0.397. The molecular weight excluding hydrogens is 276 g/mol. The topological polar surface area (TPSA) is 37.4 Å². The first-order valence-electron chi connectivity index (χ1n) is 4.54. The molecule has 0 fully saturated rings. The fourth-order valence-corrected chi connectivity index (χ4v) is 3.00. The Morgan fingerprint density at radius 2 is 2.00 bits per heavy atom. The number of nitrogens with zero attached hydrogens (tertiary/aromatic N) is 1. The maximum absolute atomic E-state index is 12.8. The number of halogens is 3. The molecular formula is C9H8Cl2FNO2S. The normalized spacial score (nSPS) is 17.2. The van der Waals surface area contributed by atoms with Gasteiger partial charge in [-0.3, -0.25) is 0 Å². The number of hydrogen-bond donors (Lipinski definition) is 0. The van der Waals surface area contributed by atoms with E-state index < -0.39 is 10.4 Å². The lowest BCUT2D eigenvalue weighted by Crippen LogP contribution is -2.33. The highest BCUT2D eigenvalue weighted by molar-refractivity contribution is 7.83. The molecule has 2 rings (SSSR count). The molecule has 0 bridgehead atoms. The fourth-order valence-electron chi connectivity index (χ4n) is 1.77. The molecule has 0 aliphatic carbocycles. The van der Waals surface area contributed by atoms with Crippen LogP contribution in [0.15, 0.2) is 12.1 Å². The van der Waals surface area contributed by atoms with Crippen LogP contribution in [0.2, 0.25) is 10.0 Å². The summed E-state index contributed by atoms with van der Waals surface area (Å²) in [6, 6.07) is 3.21. The number of benzene rings is 1. The SMILES string of the molecule is O=S(=O)(F)N1CCc2c(Cl)cc(Cl)cc2C1. The van der Waals surface area contributed by atoms with Gasteiger partial charge in [0, 0.05) is 23.1 Å². The monoisotopic (exact) mass is 283 g/mol. The van der Waals surface area contributed by atoms with E-state index in [9.17, 15) is 12.3 Å². The quantitative estimate of drug-likeness (QED) is 0.743. The lowest BCUT2D eigenvalue weighted by Gasteiger charge is -2.25. The Kier molecular flexibility index (Phi) is 3.13. The summed E-state index contributed by atoms with van der Waals surface area (Å²) >= 11 is 11.8. The average molecular weight is 284 g/mol. The molecule has 1 aliphatic heterocycles. The Bertz CT molecular complexity index is 533. The van der Waals surface area contributed by atoms with Crippen molar-refractivity contribution in [2.45, 2.75) is 13.0 Å². The van der Waals surface area contributed by atoms with Crippen molar-refractivity contribution in [1.29, 1.82) is 0 Å². The van der Waals surface area contributed by atoms with Crippen molar-refractivity contribution in [2.24, 2.45) is 0 Å². The van der Waals surface area contributed by atoms with Gasteiger partial charge in [0.2, 0.25) is 0 Å². The minimum Gasteiger partial charge on any atom is -0.177 e. The van der Waals surface area contributed by atoms with Crippen LogP contribution in [0, 0.1) is 0 Å². The van der Waals surface area contributed by atoms with Gasteiger partial charge in [0.05, 0.1) is 0 Å². The molecule has 88 valence electrons. The van der Waals surface area contributed by atoms with E-state index in [1.807, 2.05) is 0 Å². The standard InChI is InChI=1S/C9H8Cl2FNO2S/c10-7-3-6-5-13(16(12,14)15)2-1-8(6)9(11)4-7/h3-4H,1-2,5H2. The zero-order chi connectivity index (χ0) is 11.9.